The third-order valence-electron chi connectivity index (χ3n) is 3.17. The van der Waals surface area contributed by atoms with Gasteiger partial charge in [0.15, 0.2) is 0 Å². The molecule has 0 atom stereocenters. The summed E-state index contributed by atoms with van der Waals surface area (Å²) in [6.07, 6.45) is 8.74. The van der Waals surface area contributed by atoms with E-state index in [2.05, 4.69) is 41.1 Å². The molecule has 1 aliphatic rings. The van der Waals surface area contributed by atoms with Crippen LogP contribution in [0.25, 0.3) is 0 Å². The lowest BCUT2D eigenvalue weighted by Crippen LogP contribution is -2.02. The Morgan fingerprint density at radius 3 is 3.00 bits per heavy atom. The van der Waals surface area contributed by atoms with E-state index in [1.54, 1.807) is 0 Å². The van der Waals surface area contributed by atoms with Gasteiger partial charge in [-0.1, -0.05) is 19.8 Å². The van der Waals surface area contributed by atoms with E-state index in [1.807, 2.05) is 6.20 Å². The number of pyridine rings is 1. The van der Waals surface area contributed by atoms with E-state index in [4.69, 9.17) is 0 Å². The molecule has 94 valence electrons. The van der Waals surface area contributed by atoms with Crippen LogP contribution < -0.4 is 5.32 Å². The fourth-order valence-electron chi connectivity index (χ4n) is 2.18. The molecule has 1 aromatic rings. The molecule has 17 heavy (non-hydrogen) atoms. The molecule has 0 amide bonds. The van der Waals surface area contributed by atoms with Crippen molar-refractivity contribution in [3.63, 3.8) is 0 Å². The predicted molar refractivity (Wildman–Crippen MR) is 76.6 cm³/mol. The van der Waals surface area contributed by atoms with Gasteiger partial charge in [-0.2, -0.15) is 11.8 Å². The van der Waals surface area contributed by atoms with Gasteiger partial charge in [0.25, 0.3) is 0 Å². The van der Waals surface area contributed by atoms with Crippen LogP contribution in [0.3, 0.4) is 0 Å². The van der Waals surface area contributed by atoms with E-state index in [1.165, 1.54) is 31.2 Å². The second-order valence-corrected chi connectivity index (χ2v) is 5.98. The monoisotopic (exact) mass is 250 g/mol. The fraction of sp³-hybridized carbons (Fsp3) is 0.643. The summed E-state index contributed by atoms with van der Waals surface area (Å²) in [5, 5.41) is 4.24. The summed E-state index contributed by atoms with van der Waals surface area (Å²) < 4.78 is 0. The standard InChI is InChI=1S/C14H22N2S/c1-2-8-15-14-10-12(7-9-16-14)11-17-13-5-3-4-6-13/h7,9-10,13H,2-6,8,11H2,1H3,(H,15,16). The molecule has 1 aliphatic carbocycles. The number of hydrogen-bond acceptors (Lipinski definition) is 3. The molecule has 0 unspecified atom stereocenters. The summed E-state index contributed by atoms with van der Waals surface area (Å²) in [5.41, 5.74) is 1.40. The minimum absolute atomic E-state index is 0.898. The zero-order chi connectivity index (χ0) is 11.9. The lowest BCUT2D eigenvalue weighted by molar-refractivity contribution is 0.886. The zero-order valence-electron chi connectivity index (χ0n) is 10.6. The molecule has 1 saturated carbocycles. The molecule has 0 aliphatic heterocycles. The highest BCUT2D eigenvalue weighted by atomic mass is 32.2. The Morgan fingerprint density at radius 2 is 2.24 bits per heavy atom. The number of hydrogen-bond donors (Lipinski definition) is 1. The van der Waals surface area contributed by atoms with Gasteiger partial charge in [0.2, 0.25) is 0 Å². The van der Waals surface area contributed by atoms with Crippen molar-refractivity contribution in [1.82, 2.24) is 4.98 Å². The largest absolute Gasteiger partial charge is 0.370 e. The summed E-state index contributed by atoms with van der Waals surface area (Å²) in [7, 11) is 0. The lowest BCUT2D eigenvalue weighted by Gasteiger charge is -2.09. The summed E-state index contributed by atoms with van der Waals surface area (Å²) >= 11 is 2.11. The molecular formula is C14H22N2S. The van der Waals surface area contributed by atoms with Gasteiger partial charge in [-0.25, -0.2) is 4.98 Å². The van der Waals surface area contributed by atoms with Crippen molar-refractivity contribution in [1.29, 1.82) is 0 Å². The molecule has 0 spiro atoms. The Labute approximate surface area is 109 Å². The van der Waals surface area contributed by atoms with Crippen molar-refractivity contribution in [3.05, 3.63) is 23.9 Å². The van der Waals surface area contributed by atoms with Crippen LogP contribution in [0.1, 0.15) is 44.6 Å². The number of nitrogens with zero attached hydrogens (tertiary/aromatic N) is 1. The van der Waals surface area contributed by atoms with Gasteiger partial charge in [-0.15, -0.1) is 0 Å². The minimum Gasteiger partial charge on any atom is -0.370 e. The molecule has 0 bridgehead atoms. The Morgan fingerprint density at radius 1 is 1.41 bits per heavy atom. The molecule has 1 fully saturated rings. The molecule has 1 N–H and O–H groups in total. The van der Waals surface area contributed by atoms with Gasteiger partial charge >= 0.3 is 0 Å². The van der Waals surface area contributed by atoms with Crippen LogP contribution in [0.5, 0.6) is 0 Å². The number of thioether (sulfide) groups is 1. The van der Waals surface area contributed by atoms with Crippen molar-refractivity contribution >= 4 is 17.6 Å². The number of anilines is 1. The van der Waals surface area contributed by atoms with Crippen molar-refractivity contribution in [2.75, 3.05) is 11.9 Å². The first-order chi connectivity index (χ1) is 8.38. The topological polar surface area (TPSA) is 24.9 Å². The Hall–Kier alpha value is -0.700. The third kappa shape index (κ3) is 4.23. The Bertz CT molecular complexity index is 335. The van der Waals surface area contributed by atoms with Gasteiger partial charge in [0, 0.05) is 23.7 Å². The Kier molecular flexibility index (Phi) is 5.17. The summed E-state index contributed by atoms with van der Waals surface area (Å²) in [4.78, 5) is 4.34. The highest BCUT2D eigenvalue weighted by molar-refractivity contribution is 7.99. The van der Waals surface area contributed by atoms with Gasteiger partial charge in [-0.05, 0) is 37.0 Å². The van der Waals surface area contributed by atoms with Crippen LogP contribution in [-0.2, 0) is 5.75 Å². The predicted octanol–water partition coefficient (Wildman–Crippen LogP) is 4.08. The summed E-state index contributed by atoms with van der Waals surface area (Å²) in [5.74, 6) is 2.16. The molecular weight excluding hydrogens is 228 g/mol. The van der Waals surface area contributed by atoms with Gasteiger partial charge in [-0.3, -0.25) is 0 Å². The van der Waals surface area contributed by atoms with Crippen molar-refractivity contribution in [2.45, 2.75) is 50.0 Å². The molecule has 1 aromatic heterocycles. The van der Waals surface area contributed by atoms with E-state index in [-0.39, 0.29) is 0 Å². The van der Waals surface area contributed by atoms with E-state index in [0.29, 0.717) is 0 Å². The average Bonchev–Trinajstić information content (AvgIpc) is 2.87. The van der Waals surface area contributed by atoms with Crippen molar-refractivity contribution < 1.29 is 0 Å². The van der Waals surface area contributed by atoms with Crippen LogP contribution in [0.4, 0.5) is 5.82 Å². The fourth-order valence-corrected chi connectivity index (χ4v) is 3.46. The maximum absolute atomic E-state index is 4.34. The SMILES string of the molecule is CCCNc1cc(CSC2CCCC2)ccn1. The van der Waals surface area contributed by atoms with Gasteiger partial charge in [0.1, 0.15) is 5.82 Å². The number of rotatable bonds is 6. The number of nitrogens with one attached hydrogen (secondary N) is 1. The minimum atomic E-state index is 0.898. The number of aromatic nitrogens is 1. The first-order valence-electron chi connectivity index (χ1n) is 6.69. The molecule has 3 heteroatoms. The molecule has 0 aromatic carbocycles. The lowest BCUT2D eigenvalue weighted by atomic mass is 10.3. The molecule has 0 radical (unpaired) electrons. The van der Waals surface area contributed by atoms with Crippen LogP contribution >= 0.6 is 11.8 Å². The second kappa shape index (κ2) is 6.90. The van der Waals surface area contributed by atoms with Crippen molar-refractivity contribution in [2.24, 2.45) is 0 Å². The van der Waals surface area contributed by atoms with Crippen LogP contribution in [0.2, 0.25) is 0 Å². The van der Waals surface area contributed by atoms with E-state index in [0.717, 1.165) is 29.8 Å². The molecule has 2 nitrogen and oxygen atoms in total. The summed E-state index contributed by atoms with van der Waals surface area (Å²) in [6, 6.07) is 4.33. The summed E-state index contributed by atoms with van der Waals surface area (Å²) in [6.45, 7) is 3.18. The van der Waals surface area contributed by atoms with Gasteiger partial charge < -0.3 is 5.32 Å². The van der Waals surface area contributed by atoms with Crippen LogP contribution in [0.15, 0.2) is 18.3 Å². The third-order valence-corrected chi connectivity index (χ3v) is 4.61. The average molecular weight is 250 g/mol. The molecule has 0 saturated heterocycles. The van der Waals surface area contributed by atoms with Crippen LogP contribution in [-0.4, -0.2) is 16.8 Å². The van der Waals surface area contributed by atoms with Crippen LogP contribution in [0, 0.1) is 0 Å². The van der Waals surface area contributed by atoms with Crippen molar-refractivity contribution in [3.8, 4) is 0 Å². The molecule has 1 heterocycles. The molecule has 2 rings (SSSR count). The highest BCUT2D eigenvalue weighted by Crippen LogP contribution is 2.31. The van der Waals surface area contributed by atoms with E-state index in [9.17, 15) is 0 Å². The highest BCUT2D eigenvalue weighted by Gasteiger charge is 2.15. The zero-order valence-corrected chi connectivity index (χ0v) is 11.4. The van der Waals surface area contributed by atoms with E-state index < -0.39 is 0 Å². The smallest absolute Gasteiger partial charge is 0.126 e. The first-order valence-corrected chi connectivity index (χ1v) is 7.74. The van der Waals surface area contributed by atoms with E-state index >= 15 is 0 Å². The Balaban J connectivity index is 1.82. The quantitative estimate of drug-likeness (QED) is 0.823. The maximum atomic E-state index is 4.34. The maximum Gasteiger partial charge on any atom is 0.126 e. The second-order valence-electron chi connectivity index (χ2n) is 4.69. The normalized spacial score (nSPS) is 16.3. The van der Waals surface area contributed by atoms with Gasteiger partial charge in [0.05, 0.1) is 0 Å². The first kappa shape index (κ1) is 12.7.